The van der Waals surface area contributed by atoms with Crippen LogP contribution in [0.2, 0.25) is 0 Å². The average Bonchev–Trinajstić information content (AvgIpc) is 3.13. The van der Waals surface area contributed by atoms with E-state index in [1.807, 2.05) is 0 Å². The molecule has 6 nitrogen and oxygen atoms in total. The Balaban J connectivity index is 1.91. The standard InChI is InChI=1S/C16H22N2O4S/c1-12(19)17-9-7-13-10-15(5-6-16(13)17)23(20,21)18-8-3-4-14(18)11-22-2/h5-6,10,14H,3-4,7-9,11H2,1-2H3. The molecule has 1 amide bonds. The van der Waals surface area contributed by atoms with E-state index in [-0.39, 0.29) is 11.9 Å². The topological polar surface area (TPSA) is 66.9 Å². The first-order valence-electron chi connectivity index (χ1n) is 7.87. The van der Waals surface area contributed by atoms with Crippen molar-refractivity contribution in [2.24, 2.45) is 0 Å². The second-order valence-electron chi connectivity index (χ2n) is 6.08. The molecule has 0 N–H and O–H groups in total. The summed E-state index contributed by atoms with van der Waals surface area (Å²) in [5.74, 6) is -0.0148. The van der Waals surface area contributed by atoms with Gasteiger partial charge in [-0.3, -0.25) is 4.79 Å². The molecule has 0 aromatic heterocycles. The fourth-order valence-electron chi connectivity index (χ4n) is 3.49. The van der Waals surface area contributed by atoms with Gasteiger partial charge < -0.3 is 9.64 Å². The van der Waals surface area contributed by atoms with Gasteiger partial charge >= 0.3 is 0 Å². The lowest BCUT2D eigenvalue weighted by Crippen LogP contribution is -2.38. The maximum Gasteiger partial charge on any atom is 0.243 e. The molecule has 1 saturated heterocycles. The summed E-state index contributed by atoms with van der Waals surface area (Å²) in [4.78, 5) is 13.6. The molecule has 1 fully saturated rings. The number of fused-ring (bicyclic) bond motifs is 1. The van der Waals surface area contributed by atoms with Crippen molar-refractivity contribution in [2.75, 3.05) is 31.7 Å². The van der Waals surface area contributed by atoms with Gasteiger partial charge in [0.15, 0.2) is 0 Å². The smallest absolute Gasteiger partial charge is 0.243 e. The molecule has 7 heteroatoms. The molecule has 1 aromatic rings. The lowest BCUT2D eigenvalue weighted by molar-refractivity contribution is -0.116. The van der Waals surface area contributed by atoms with E-state index in [1.165, 1.54) is 6.92 Å². The van der Waals surface area contributed by atoms with E-state index in [4.69, 9.17) is 4.74 Å². The van der Waals surface area contributed by atoms with Crippen LogP contribution in [0.1, 0.15) is 25.3 Å². The molecule has 3 rings (SSSR count). The molecule has 0 radical (unpaired) electrons. The zero-order chi connectivity index (χ0) is 16.6. The molecule has 2 aliphatic heterocycles. The molecule has 2 aliphatic rings. The number of carbonyl (C=O) groups is 1. The summed E-state index contributed by atoms with van der Waals surface area (Å²) in [6, 6.07) is 4.98. The number of methoxy groups -OCH3 is 1. The molecule has 0 spiro atoms. The summed E-state index contributed by atoms with van der Waals surface area (Å²) in [7, 11) is -1.93. The highest BCUT2D eigenvalue weighted by Gasteiger charge is 2.36. The van der Waals surface area contributed by atoms with E-state index < -0.39 is 10.0 Å². The zero-order valence-electron chi connectivity index (χ0n) is 13.5. The van der Waals surface area contributed by atoms with Crippen molar-refractivity contribution in [3.8, 4) is 0 Å². The number of sulfonamides is 1. The van der Waals surface area contributed by atoms with Gasteiger partial charge in [0.05, 0.1) is 11.5 Å². The number of benzene rings is 1. The lowest BCUT2D eigenvalue weighted by atomic mass is 10.2. The minimum atomic E-state index is -3.52. The third kappa shape index (κ3) is 2.88. The van der Waals surface area contributed by atoms with Crippen LogP contribution in [0.5, 0.6) is 0 Å². The average molecular weight is 338 g/mol. The SMILES string of the molecule is COCC1CCCN1S(=O)(=O)c1ccc2c(c1)CCN2C(C)=O. The van der Waals surface area contributed by atoms with Crippen molar-refractivity contribution in [2.45, 2.75) is 37.1 Å². The van der Waals surface area contributed by atoms with Crippen molar-refractivity contribution in [3.63, 3.8) is 0 Å². The second-order valence-corrected chi connectivity index (χ2v) is 7.97. The summed E-state index contributed by atoms with van der Waals surface area (Å²) >= 11 is 0. The molecule has 0 bridgehead atoms. The van der Waals surface area contributed by atoms with Crippen LogP contribution in [0.25, 0.3) is 0 Å². The van der Waals surface area contributed by atoms with Crippen LogP contribution in [0, 0.1) is 0 Å². The quantitative estimate of drug-likeness (QED) is 0.832. The number of ether oxygens (including phenoxy) is 1. The van der Waals surface area contributed by atoms with Gasteiger partial charge in [-0.15, -0.1) is 0 Å². The van der Waals surface area contributed by atoms with E-state index in [9.17, 15) is 13.2 Å². The van der Waals surface area contributed by atoms with Crippen LogP contribution >= 0.6 is 0 Å². The Bertz CT molecular complexity index is 717. The van der Waals surface area contributed by atoms with Crippen molar-refractivity contribution in [3.05, 3.63) is 23.8 Å². The molecular weight excluding hydrogens is 316 g/mol. The molecule has 1 unspecified atom stereocenters. The summed E-state index contributed by atoms with van der Waals surface area (Å²) in [6.07, 6.45) is 2.38. The number of carbonyl (C=O) groups excluding carboxylic acids is 1. The molecule has 1 aromatic carbocycles. The molecular formula is C16H22N2O4S. The van der Waals surface area contributed by atoms with Crippen LogP contribution in [0.15, 0.2) is 23.1 Å². The summed E-state index contributed by atoms with van der Waals surface area (Å²) in [6.45, 7) is 3.10. The van der Waals surface area contributed by atoms with Crippen molar-refractivity contribution >= 4 is 21.6 Å². The van der Waals surface area contributed by atoms with Crippen molar-refractivity contribution in [1.82, 2.24) is 4.31 Å². The fraction of sp³-hybridized carbons (Fsp3) is 0.562. The third-order valence-electron chi connectivity index (χ3n) is 4.62. The van der Waals surface area contributed by atoms with Crippen molar-refractivity contribution in [1.29, 1.82) is 0 Å². The van der Waals surface area contributed by atoms with E-state index in [0.29, 0.717) is 31.0 Å². The van der Waals surface area contributed by atoms with Gasteiger partial charge in [0.2, 0.25) is 15.9 Å². The summed E-state index contributed by atoms with van der Waals surface area (Å²) < 4.78 is 32.6. The van der Waals surface area contributed by atoms with Crippen LogP contribution in [-0.4, -0.2) is 51.5 Å². The van der Waals surface area contributed by atoms with Gasteiger partial charge in [-0.1, -0.05) is 0 Å². The van der Waals surface area contributed by atoms with Gasteiger partial charge in [0, 0.05) is 38.9 Å². The number of hydrogen-bond donors (Lipinski definition) is 0. The predicted molar refractivity (Wildman–Crippen MR) is 87.0 cm³/mol. The Kier molecular flexibility index (Phi) is 4.44. The van der Waals surface area contributed by atoms with Gasteiger partial charge in [0.1, 0.15) is 0 Å². The van der Waals surface area contributed by atoms with E-state index in [2.05, 4.69) is 0 Å². The molecule has 126 valence electrons. The molecule has 0 aliphatic carbocycles. The second kappa shape index (κ2) is 6.22. The maximum atomic E-state index is 12.9. The Morgan fingerprint density at radius 2 is 2.13 bits per heavy atom. The number of hydrogen-bond acceptors (Lipinski definition) is 4. The van der Waals surface area contributed by atoms with Crippen LogP contribution in [-0.2, 0) is 26.0 Å². The molecule has 1 atom stereocenters. The number of amides is 1. The Hall–Kier alpha value is -1.44. The Morgan fingerprint density at radius 3 is 2.83 bits per heavy atom. The highest BCUT2D eigenvalue weighted by atomic mass is 32.2. The Morgan fingerprint density at radius 1 is 1.35 bits per heavy atom. The maximum absolute atomic E-state index is 12.9. The summed E-state index contributed by atoms with van der Waals surface area (Å²) in [5, 5.41) is 0. The fourth-order valence-corrected chi connectivity index (χ4v) is 5.22. The number of anilines is 1. The lowest BCUT2D eigenvalue weighted by Gasteiger charge is -2.24. The predicted octanol–water partition coefficient (Wildman–Crippen LogP) is 1.40. The molecule has 2 heterocycles. The van der Waals surface area contributed by atoms with E-state index >= 15 is 0 Å². The van der Waals surface area contributed by atoms with Gasteiger partial charge in [-0.2, -0.15) is 4.31 Å². The van der Waals surface area contributed by atoms with E-state index in [0.717, 1.165) is 24.1 Å². The van der Waals surface area contributed by atoms with Crippen LogP contribution in [0.4, 0.5) is 5.69 Å². The summed E-state index contributed by atoms with van der Waals surface area (Å²) in [5.41, 5.74) is 1.75. The number of rotatable bonds is 4. The molecule has 0 saturated carbocycles. The highest BCUT2D eigenvalue weighted by molar-refractivity contribution is 7.89. The highest BCUT2D eigenvalue weighted by Crippen LogP contribution is 2.33. The largest absolute Gasteiger partial charge is 0.383 e. The first-order chi connectivity index (χ1) is 10.9. The first-order valence-corrected chi connectivity index (χ1v) is 9.31. The minimum absolute atomic E-state index is 0.0148. The van der Waals surface area contributed by atoms with Crippen molar-refractivity contribution < 1.29 is 17.9 Å². The Labute approximate surface area is 137 Å². The monoisotopic (exact) mass is 338 g/mol. The normalized spacial score (nSPS) is 21.7. The van der Waals surface area contributed by atoms with Gasteiger partial charge in [0.25, 0.3) is 0 Å². The van der Waals surface area contributed by atoms with Crippen LogP contribution < -0.4 is 4.90 Å². The van der Waals surface area contributed by atoms with Gasteiger partial charge in [-0.05, 0) is 43.0 Å². The van der Waals surface area contributed by atoms with E-state index in [1.54, 1.807) is 34.5 Å². The first kappa shape index (κ1) is 16.4. The molecule has 23 heavy (non-hydrogen) atoms. The van der Waals surface area contributed by atoms with Crippen LogP contribution in [0.3, 0.4) is 0 Å². The van der Waals surface area contributed by atoms with Gasteiger partial charge in [-0.25, -0.2) is 8.42 Å². The minimum Gasteiger partial charge on any atom is -0.383 e. The third-order valence-corrected chi connectivity index (χ3v) is 6.56. The zero-order valence-corrected chi connectivity index (χ0v) is 14.3. The number of nitrogens with zero attached hydrogens (tertiary/aromatic N) is 2.